The van der Waals surface area contributed by atoms with Gasteiger partial charge in [-0.3, -0.25) is 14.9 Å². The average molecular weight is 315 g/mol. The number of carbonyl (C=O) groups is 1. The summed E-state index contributed by atoms with van der Waals surface area (Å²) in [6, 6.07) is 11.4. The Balaban J connectivity index is 2.20. The Bertz CT molecular complexity index is 727. The molecule has 23 heavy (non-hydrogen) atoms. The Hall–Kier alpha value is -3.09. The number of methoxy groups -OCH3 is 1. The molecule has 0 spiro atoms. The summed E-state index contributed by atoms with van der Waals surface area (Å²) in [4.78, 5) is 24.6. The van der Waals surface area contributed by atoms with E-state index in [9.17, 15) is 14.9 Å². The molecule has 2 rings (SSSR count). The van der Waals surface area contributed by atoms with Gasteiger partial charge >= 0.3 is 5.69 Å². The number of rotatable bonds is 5. The molecule has 2 aromatic rings. The van der Waals surface area contributed by atoms with Gasteiger partial charge in [0.2, 0.25) is 0 Å². The van der Waals surface area contributed by atoms with Gasteiger partial charge in [0.05, 0.1) is 12.0 Å². The topological polar surface area (TPSA) is 84.7 Å². The summed E-state index contributed by atoms with van der Waals surface area (Å²) in [5.41, 5.74) is 1.56. The van der Waals surface area contributed by atoms with Crippen LogP contribution in [0.3, 0.4) is 0 Å². The summed E-state index contributed by atoms with van der Waals surface area (Å²) in [6.45, 7) is 0. The van der Waals surface area contributed by atoms with Gasteiger partial charge in [0.1, 0.15) is 0 Å². The summed E-state index contributed by atoms with van der Waals surface area (Å²) in [7, 11) is 5.18. The van der Waals surface area contributed by atoms with Crippen LogP contribution in [-0.4, -0.2) is 32.0 Å². The molecule has 7 heteroatoms. The van der Waals surface area contributed by atoms with Gasteiger partial charge in [-0.2, -0.15) is 0 Å². The van der Waals surface area contributed by atoms with E-state index in [-0.39, 0.29) is 17.0 Å². The van der Waals surface area contributed by atoms with E-state index in [2.05, 4.69) is 5.32 Å². The van der Waals surface area contributed by atoms with E-state index in [1.54, 1.807) is 12.1 Å². The standard InChI is InChI=1S/C16H17N3O4/c1-18(2)13-7-5-12(6-8-13)17-16(20)11-4-9-15(23-3)14(10-11)19(21)22/h4-10H,1-3H3,(H,17,20). The van der Waals surface area contributed by atoms with Gasteiger partial charge in [0.15, 0.2) is 5.75 Å². The minimum Gasteiger partial charge on any atom is -0.490 e. The van der Waals surface area contributed by atoms with E-state index in [1.807, 2.05) is 31.1 Å². The molecule has 0 fully saturated rings. The van der Waals surface area contributed by atoms with Gasteiger partial charge in [-0.25, -0.2) is 0 Å². The van der Waals surface area contributed by atoms with Gasteiger partial charge in [-0.15, -0.1) is 0 Å². The van der Waals surface area contributed by atoms with E-state index in [4.69, 9.17) is 4.74 Å². The smallest absolute Gasteiger partial charge is 0.311 e. The van der Waals surface area contributed by atoms with Gasteiger partial charge in [-0.1, -0.05) is 0 Å². The highest BCUT2D eigenvalue weighted by atomic mass is 16.6. The molecule has 0 aliphatic rings. The molecule has 0 unspecified atom stereocenters. The van der Waals surface area contributed by atoms with E-state index in [1.165, 1.54) is 25.3 Å². The molecular weight excluding hydrogens is 298 g/mol. The number of anilines is 2. The first-order chi connectivity index (χ1) is 10.9. The van der Waals surface area contributed by atoms with Crippen LogP contribution in [0.5, 0.6) is 5.75 Å². The highest BCUT2D eigenvalue weighted by molar-refractivity contribution is 6.04. The first-order valence-electron chi connectivity index (χ1n) is 6.83. The second kappa shape index (κ2) is 6.78. The van der Waals surface area contributed by atoms with Crippen molar-refractivity contribution in [2.24, 2.45) is 0 Å². The van der Waals surface area contributed by atoms with Crippen molar-refractivity contribution in [3.63, 3.8) is 0 Å². The Morgan fingerprint density at radius 2 is 1.83 bits per heavy atom. The maximum atomic E-state index is 12.2. The SMILES string of the molecule is COc1ccc(C(=O)Nc2ccc(N(C)C)cc2)cc1[N+](=O)[O-]. The monoisotopic (exact) mass is 315 g/mol. The van der Waals surface area contributed by atoms with Crippen LogP contribution in [0.4, 0.5) is 17.1 Å². The first-order valence-corrected chi connectivity index (χ1v) is 6.83. The fourth-order valence-corrected chi connectivity index (χ4v) is 2.02. The molecule has 7 nitrogen and oxygen atoms in total. The fraction of sp³-hybridized carbons (Fsp3) is 0.188. The van der Waals surface area contributed by atoms with Gasteiger partial charge in [0, 0.05) is 37.1 Å². The molecule has 0 aliphatic carbocycles. The van der Waals surface area contributed by atoms with Crippen molar-refractivity contribution in [3.8, 4) is 5.75 Å². The number of hydrogen-bond acceptors (Lipinski definition) is 5. The molecule has 1 amide bonds. The van der Waals surface area contributed by atoms with Gasteiger partial charge in [0.25, 0.3) is 5.91 Å². The zero-order chi connectivity index (χ0) is 17.0. The molecule has 0 heterocycles. The number of nitro groups is 1. The Labute approximate surface area is 133 Å². The largest absolute Gasteiger partial charge is 0.490 e. The van der Waals surface area contributed by atoms with Gasteiger partial charge < -0.3 is 15.0 Å². The van der Waals surface area contributed by atoms with Crippen LogP contribution in [0, 0.1) is 10.1 Å². The van der Waals surface area contributed by atoms with E-state index in [0.29, 0.717) is 5.69 Å². The van der Waals surface area contributed by atoms with Gasteiger partial charge in [-0.05, 0) is 36.4 Å². The molecule has 120 valence electrons. The maximum absolute atomic E-state index is 12.2. The number of ether oxygens (including phenoxy) is 1. The Morgan fingerprint density at radius 1 is 1.17 bits per heavy atom. The predicted molar refractivity (Wildman–Crippen MR) is 88.4 cm³/mol. The molecule has 1 N–H and O–H groups in total. The zero-order valence-electron chi connectivity index (χ0n) is 13.1. The molecule has 0 saturated carbocycles. The molecular formula is C16H17N3O4. The predicted octanol–water partition coefficient (Wildman–Crippen LogP) is 2.92. The number of hydrogen-bond donors (Lipinski definition) is 1. The summed E-state index contributed by atoms with van der Waals surface area (Å²) >= 11 is 0. The number of carbonyl (C=O) groups excluding carboxylic acids is 1. The van der Waals surface area contributed by atoms with Crippen molar-refractivity contribution in [2.45, 2.75) is 0 Å². The quantitative estimate of drug-likeness (QED) is 0.677. The van der Waals surface area contributed by atoms with E-state index < -0.39 is 10.8 Å². The zero-order valence-corrected chi connectivity index (χ0v) is 13.1. The number of nitro benzene ring substituents is 1. The van der Waals surface area contributed by atoms with Crippen LogP contribution in [0.15, 0.2) is 42.5 Å². The minimum absolute atomic E-state index is 0.113. The molecule has 0 aromatic heterocycles. The lowest BCUT2D eigenvalue weighted by Crippen LogP contribution is -2.13. The van der Waals surface area contributed by atoms with Crippen LogP contribution < -0.4 is 15.0 Å². The molecule has 0 radical (unpaired) electrons. The summed E-state index contributed by atoms with van der Waals surface area (Å²) < 4.78 is 4.92. The van der Waals surface area contributed by atoms with E-state index in [0.717, 1.165) is 5.69 Å². The number of nitrogens with one attached hydrogen (secondary N) is 1. The lowest BCUT2D eigenvalue weighted by Gasteiger charge is -2.13. The summed E-state index contributed by atoms with van der Waals surface area (Å²) in [5.74, 6) is -0.310. The lowest BCUT2D eigenvalue weighted by molar-refractivity contribution is -0.385. The van der Waals surface area contributed by atoms with Crippen molar-refractivity contribution in [1.29, 1.82) is 0 Å². The van der Waals surface area contributed by atoms with Crippen molar-refractivity contribution in [3.05, 3.63) is 58.1 Å². The fourth-order valence-electron chi connectivity index (χ4n) is 2.02. The number of nitrogens with zero attached hydrogens (tertiary/aromatic N) is 2. The minimum atomic E-state index is -0.582. The van der Waals surface area contributed by atoms with Crippen molar-refractivity contribution < 1.29 is 14.5 Å². The lowest BCUT2D eigenvalue weighted by atomic mass is 10.1. The highest BCUT2D eigenvalue weighted by Gasteiger charge is 2.18. The Kier molecular flexibility index (Phi) is 4.80. The van der Waals surface area contributed by atoms with Crippen molar-refractivity contribution >= 4 is 23.0 Å². The molecule has 0 aliphatic heterocycles. The maximum Gasteiger partial charge on any atom is 0.311 e. The number of benzene rings is 2. The van der Waals surface area contributed by atoms with Crippen LogP contribution >= 0.6 is 0 Å². The van der Waals surface area contributed by atoms with Crippen LogP contribution in [0.25, 0.3) is 0 Å². The number of amides is 1. The third-order valence-electron chi connectivity index (χ3n) is 3.28. The Morgan fingerprint density at radius 3 is 2.35 bits per heavy atom. The summed E-state index contributed by atoms with van der Waals surface area (Å²) in [6.07, 6.45) is 0. The van der Waals surface area contributed by atoms with Crippen LogP contribution in [0.1, 0.15) is 10.4 Å². The molecule has 0 bridgehead atoms. The van der Waals surface area contributed by atoms with Crippen molar-refractivity contribution in [2.75, 3.05) is 31.4 Å². The highest BCUT2D eigenvalue weighted by Crippen LogP contribution is 2.28. The van der Waals surface area contributed by atoms with E-state index >= 15 is 0 Å². The summed E-state index contributed by atoms with van der Waals surface area (Å²) in [5, 5.41) is 13.7. The second-order valence-electron chi connectivity index (χ2n) is 5.04. The van der Waals surface area contributed by atoms with Crippen molar-refractivity contribution in [1.82, 2.24) is 0 Å². The normalized spacial score (nSPS) is 10.0. The van der Waals surface area contributed by atoms with Crippen LogP contribution in [0.2, 0.25) is 0 Å². The van der Waals surface area contributed by atoms with Crippen LogP contribution in [-0.2, 0) is 0 Å². The second-order valence-corrected chi connectivity index (χ2v) is 5.04. The molecule has 0 atom stereocenters. The molecule has 2 aromatic carbocycles. The first kappa shape index (κ1) is 16.3. The third-order valence-corrected chi connectivity index (χ3v) is 3.28. The average Bonchev–Trinajstić information content (AvgIpc) is 2.54. The molecule has 0 saturated heterocycles. The third kappa shape index (κ3) is 3.76.